The largest absolute Gasteiger partial charge is 0.471 e. The quantitative estimate of drug-likeness (QED) is 0.268. The van der Waals surface area contributed by atoms with Crippen LogP contribution in [0.1, 0.15) is 16.7 Å². The van der Waals surface area contributed by atoms with Gasteiger partial charge in [-0.2, -0.15) is 18.4 Å². The Bertz CT molecular complexity index is 1840. The van der Waals surface area contributed by atoms with E-state index in [9.17, 15) is 28.0 Å². The topological polar surface area (TPSA) is 92.5 Å². The molecule has 6 rings (SSSR count). The Morgan fingerprint density at radius 1 is 1.06 bits per heavy atom. The molecule has 2 amide bonds. The van der Waals surface area contributed by atoms with Crippen LogP contribution in [-0.4, -0.2) is 79.4 Å². The predicted molar refractivity (Wildman–Crippen MR) is 181 cm³/mol. The number of hydrogen-bond acceptors (Lipinski definition) is 9. The van der Waals surface area contributed by atoms with Crippen molar-refractivity contribution in [3.05, 3.63) is 93.4 Å². The minimum Gasteiger partial charge on any atom is -0.379 e. The SMILES string of the molecule is Cc1ccc(C#N)cc1N=C1SC(=C2Sc3ccc(N(CCN4CCOCC4)C(=O)C(F)(F)F)cc3N2C)C(=O)N1Cc1ccccc1. The van der Waals surface area contributed by atoms with Gasteiger partial charge in [0.1, 0.15) is 4.91 Å². The first-order valence-electron chi connectivity index (χ1n) is 15.2. The molecule has 14 heteroatoms. The third-order valence-electron chi connectivity index (χ3n) is 8.15. The van der Waals surface area contributed by atoms with E-state index in [-0.39, 0.29) is 31.2 Å². The average molecular weight is 693 g/mol. The minimum atomic E-state index is -5.05. The summed E-state index contributed by atoms with van der Waals surface area (Å²) < 4.78 is 46.6. The smallest absolute Gasteiger partial charge is 0.379 e. The number of rotatable bonds is 7. The molecule has 0 bridgehead atoms. The molecule has 0 radical (unpaired) electrons. The van der Waals surface area contributed by atoms with E-state index in [1.54, 1.807) is 41.1 Å². The van der Waals surface area contributed by atoms with Crippen LogP contribution in [0.25, 0.3) is 0 Å². The molecule has 0 saturated carbocycles. The van der Waals surface area contributed by atoms with E-state index < -0.39 is 12.1 Å². The normalized spacial score (nSPS) is 19.2. The lowest BCUT2D eigenvalue weighted by molar-refractivity contribution is -0.170. The van der Waals surface area contributed by atoms with Crippen molar-refractivity contribution in [2.45, 2.75) is 24.5 Å². The van der Waals surface area contributed by atoms with Gasteiger partial charge in [0.2, 0.25) is 0 Å². The predicted octanol–water partition coefficient (Wildman–Crippen LogP) is 6.27. The monoisotopic (exact) mass is 692 g/mol. The van der Waals surface area contributed by atoms with E-state index in [4.69, 9.17) is 9.73 Å². The highest BCUT2D eigenvalue weighted by molar-refractivity contribution is 8.19. The Balaban J connectivity index is 1.33. The van der Waals surface area contributed by atoms with Gasteiger partial charge in [-0.1, -0.05) is 48.2 Å². The maximum Gasteiger partial charge on any atom is 0.471 e. The number of carbonyl (C=O) groups is 2. The molecule has 0 aliphatic carbocycles. The molecular weight excluding hydrogens is 662 g/mol. The summed E-state index contributed by atoms with van der Waals surface area (Å²) in [6.45, 7) is 4.41. The summed E-state index contributed by atoms with van der Waals surface area (Å²) in [5.74, 6) is -2.20. The number of carbonyl (C=O) groups excluding carboxylic acids is 2. The Labute approximate surface area is 284 Å². The number of aliphatic imine (C=N–C) groups is 1. The fraction of sp³-hybridized carbons (Fsp3) is 0.294. The highest BCUT2D eigenvalue weighted by Crippen LogP contribution is 2.51. The number of hydrogen-bond donors (Lipinski definition) is 0. The van der Waals surface area contributed by atoms with Crippen LogP contribution < -0.4 is 9.80 Å². The van der Waals surface area contributed by atoms with Gasteiger partial charge >= 0.3 is 12.1 Å². The maximum absolute atomic E-state index is 14.1. The van der Waals surface area contributed by atoms with E-state index >= 15 is 0 Å². The van der Waals surface area contributed by atoms with Crippen molar-refractivity contribution in [3.63, 3.8) is 0 Å². The fourth-order valence-electron chi connectivity index (χ4n) is 5.50. The van der Waals surface area contributed by atoms with Gasteiger partial charge in [-0.25, -0.2) is 4.99 Å². The molecule has 0 unspecified atom stereocenters. The molecule has 3 aromatic rings. The fourth-order valence-corrected chi connectivity index (χ4v) is 7.81. The lowest BCUT2D eigenvalue weighted by Gasteiger charge is -2.30. The Morgan fingerprint density at radius 3 is 2.52 bits per heavy atom. The highest BCUT2D eigenvalue weighted by Gasteiger charge is 2.44. The number of halogens is 3. The number of fused-ring (bicyclic) bond motifs is 1. The zero-order valence-electron chi connectivity index (χ0n) is 26.2. The third kappa shape index (κ3) is 7.09. The van der Waals surface area contributed by atoms with Crippen LogP contribution in [0.5, 0.6) is 0 Å². The summed E-state index contributed by atoms with van der Waals surface area (Å²) >= 11 is 2.54. The minimum absolute atomic E-state index is 0.120. The lowest BCUT2D eigenvalue weighted by Crippen LogP contribution is -2.47. The van der Waals surface area contributed by atoms with Crippen molar-refractivity contribution in [3.8, 4) is 6.07 Å². The standard InChI is InChI=1S/C34H31F3N6O3S2/c1-22-8-9-24(20-38)18-26(22)39-33-43(21-23-6-4-3-5-7-23)30(44)29(48-33)31-40(2)27-19-25(10-11-28(27)47-31)42(32(45)34(35,36)37)13-12-41-14-16-46-17-15-41/h3-11,18-19H,12-17,21H2,1-2H3. The number of nitrogens with zero attached hydrogens (tertiary/aromatic N) is 6. The van der Waals surface area contributed by atoms with E-state index in [1.807, 2.05) is 48.2 Å². The second-order valence-corrected chi connectivity index (χ2v) is 13.4. The van der Waals surface area contributed by atoms with Crippen molar-refractivity contribution >= 4 is 57.6 Å². The summed E-state index contributed by atoms with van der Waals surface area (Å²) in [6, 6.07) is 21.6. The zero-order chi connectivity index (χ0) is 34.0. The molecule has 0 atom stereocenters. The van der Waals surface area contributed by atoms with Gasteiger partial charge in [-0.05, 0) is 60.1 Å². The molecule has 2 fully saturated rings. The van der Waals surface area contributed by atoms with Crippen LogP contribution in [0.4, 0.5) is 30.2 Å². The molecule has 0 aromatic heterocycles. The zero-order valence-corrected chi connectivity index (χ0v) is 27.8. The van der Waals surface area contributed by atoms with Gasteiger partial charge < -0.3 is 14.5 Å². The number of amides is 2. The summed E-state index contributed by atoms with van der Waals surface area (Å²) in [6.07, 6.45) is -5.05. The van der Waals surface area contributed by atoms with Gasteiger partial charge in [0.15, 0.2) is 5.17 Å². The molecule has 2 saturated heterocycles. The molecule has 3 aromatic carbocycles. The third-order valence-corrected chi connectivity index (χ3v) is 10.6. The molecule has 9 nitrogen and oxygen atoms in total. The molecule has 3 aliphatic rings. The van der Waals surface area contributed by atoms with Gasteiger partial charge in [0.05, 0.1) is 47.8 Å². The van der Waals surface area contributed by atoms with E-state index in [2.05, 4.69) is 6.07 Å². The van der Waals surface area contributed by atoms with Crippen molar-refractivity contribution < 1.29 is 27.5 Å². The Kier molecular flexibility index (Phi) is 9.84. The number of alkyl halides is 3. The number of ether oxygens (including phenoxy) is 1. The van der Waals surface area contributed by atoms with Crippen LogP contribution in [0.2, 0.25) is 0 Å². The summed E-state index contributed by atoms with van der Waals surface area (Å²) in [4.78, 5) is 38.8. The van der Waals surface area contributed by atoms with Crippen molar-refractivity contribution in [1.29, 1.82) is 5.26 Å². The van der Waals surface area contributed by atoms with Crippen LogP contribution in [0.15, 0.2) is 86.6 Å². The lowest BCUT2D eigenvalue weighted by atomic mass is 10.1. The summed E-state index contributed by atoms with van der Waals surface area (Å²) in [5, 5.41) is 10.5. The number of anilines is 2. The molecule has 0 spiro atoms. The van der Waals surface area contributed by atoms with Gasteiger partial charge in [-0.15, -0.1) is 0 Å². The van der Waals surface area contributed by atoms with Crippen molar-refractivity contribution in [1.82, 2.24) is 9.80 Å². The molecular formula is C34H31F3N6O3S2. The number of nitriles is 1. The van der Waals surface area contributed by atoms with Gasteiger partial charge in [-0.3, -0.25) is 19.4 Å². The van der Waals surface area contributed by atoms with Crippen LogP contribution in [0, 0.1) is 18.3 Å². The van der Waals surface area contributed by atoms with Crippen molar-refractivity contribution in [2.24, 2.45) is 4.99 Å². The first kappa shape index (κ1) is 33.6. The summed E-state index contributed by atoms with van der Waals surface area (Å²) in [7, 11) is 1.75. The van der Waals surface area contributed by atoms with E-state index in [0.717, 1.165) is 20.9 Å². The second kappa shape index (κ2) is 14.1. The Morgan fingerprint density at radius 2 is 1.81 bits per heavy atom. The van der Waals surface area contributed by atoms with Crippen LogP contribution >= 0.6 is 23.5 Å². The van der Waals surface area contributed by atoms with Crippen LogP contribution in [-0.2, 0) is 20.9 Å². The molecule has 0 N–H and O–H groups in total. The van der Waals surface area contributed by atoms with E-state index in [1.165, 1.54) is 29.6 Å². The molecule has 48 heavy (non-hydrogen) atoms. The maximum atomic E-state index is 14.1. The highest BCUT2D eigenvalue weighted by atomic mass is 32.2. The number of benzene rings is 3. The molecule has 248 valence electrons. The molecule has 3 heterocycles. The van der Waals surface area contributed by atoms with Gasteiger partial charge in [0, 0.05) is 43.8 Å². The average Bonchev–Trinajstić information content (AvgIpc) is 3.57. The number of thioether (sulfide) groups is 2. The first-order chi connectivity index (χ1) is 23.0. The van der Waals surface area contributed by atoms with Crippen molar-refractivity contribution in [2.75, 3.05) is 56.2 Å². The van der Waals surface area contributed by atoms with Crippen LogP contribution in [0.3, 0.4) is 0 Å². The second-order valence-electron chi connectivity index (χ2n) is 11.3. The van der Waals surface area contributed by atoms with E-state index in [0.29, 0.717) is 58.3 Å². The number of aryl methyl sites for hydroxylation is 1. The van der Waals surface area contributed by atoms with Gasteiger partial charge in [0.25, 0.3) is 5.91 Å². The number of morpholine rings is 1. The number of amidine groups is 1. The molecule has 3 aliphatic heterocycles. The Hall–Kier alpha value is -4.29. The summed E-state index contributed by atoms with van der Waals surface area (Å²) in [5.41, 5.74) is 3.46. The first-order valence-corrected chi connectivity index (χ1v) is 16.8.